The molecule has 27 heavy (non-hydrogen) atoms. The van der Waals surface area contributed by atoms with Crippen molar-refractivity contribution >= 4 is 28.9 Å². The zero-order valence-electron chi connectivity index (χ0n) is 15.7. The molecule has 3 rings (SSSR count). The molecule has 1 atom stereocenters. The second-order valence-corrected chi connectivity index (χ2v) is 7.77. The lowest BCUT2D eigenvalue weighted by Crippen LogP contribution is -2.52. The zero-order chi connectivity index (χ0) is 19.2. The van der Waals surface area contributed by atoms with Gasteiger partial charge in [0.25, 0.3) is 0 Å². The Labute approximate surface area is 172 Å². The number of hydrogen-bond acceptors (Lipinski definition) is 2. The van der Waals surface area contributed by atoms with Crippen LogP contribution in [0.25, 0.3) is 0 Å². The molecule has 1 heterocycles. The molecular weight excluding hydrogens is 374 g/mol. The van der Waals surface area contributed by atoms with Crippen LogP contribution in [0.2, 0.25) is 5.02 Å². The summed E-state index contributed by atoms with van der Waals surface area (Å²) in [5.41, 5.74) is 3.50. The fraction of sp³-hybridized carbons (Fsp3) is 0.318. The minimum atomic E-state index is 0.152. The van der Waals surface area contributed by atoms with Gasteiger partial charge in [-0.3, -0.25) is 4.90 Å². The van der Waals surface area contributed by atoms with E-state index in [0.717, 1.165) is 54.0 Å². The van der Waals surface area contributed by atoms with Crippen LogP contribution in [0.3, 0.4) is 0 Å². The van der Waals surface area contributed by atoms with E-state index in [0.29, 0.717) is 0 Å². The van der Waals surface area contributed by atoms with E-state index < -0.39 is 0 Å². The second-order valence-electron chi connectivity index (χ2n) is 6.97. The molecule has 1 saturated heterocycles. The summed E-state index contributed by atoms with van der Waals surface area (Å²) in [5, 5.41) is 4.91. The third kappa shape index (κ3) is 5.10. The predicted molar refractivity (Wildman–Crippen MR) is 118 cm³/mol. The van der Waals surface area contributed by atoms with E-state index in [1.165, 1.54) is 5.56 Å². The zero-order valence-corrected chi connectivity index (χ0v) is 17.3. The third-order valence-corrected chi connectivity index (χ3v) is 5.57. The molecule has 5 heteroatoms. The molecule has 142 valence electrons. The molecule has 1 aliphatic rings. The van der Waals surface area contributed by atoms with Crippen LogP contribution >= 0.6 is 23.8 Å². The molecule has 1 aliphatic heterocycles. The quantitative estimate of drug-likeness (QED) is 0.589. The van der Waals surface area contributed by atoms with Crippen LogP contribution in [0.15, 0.2) is 66.7 Å². The average molecular weight is 400 g/mol. The van der Waals surface area contributed by atoms with Crippen LogP contribution in [-0.2, 0) is 0 Å². The van der Waals surface area contributed by atoms with Gasteiger partial charge in [0.05, 0.1) is 6.04 Å². The molecule has 0 amide bonds. The van der Waals surface area contributed by atoms with Crippen molar-refractivity contribution in [1.82, 2.24) is 15.1 Å². The maximum atomic E-state index is 6.56. The van der Waals surface area contributed by atoms with Crippen LogP contribution in [0.1, 0.15) is 24.1 Å². The van der Waals surface area contributed by atoms with E-state index >= 15 is 0 Å². The summed E-state index contributed by atoms with van der Waals surface area (Å²) < 4.78 is 0. The first-order chi connectivity index (χ1) is 13.1. The SMILES string of the molecule is C=C(C)CNC(=S)N1CCN(C(c2ccccc2)c2ccccc2Cl)CC1. The molecule has 2 aromatic carbocycles. The highest BCUT2D eigenvalue weighted by molar-refractivity contribution is 7.80. The highest BCUT2D eigenvalue weighted by Gasteiger charge is 2.28. The fourth-order valence-electron chi connectivity index (χ4n) is 3.44. The first-order valence-corrected chi connectivity index (χ1v) is 10.1. The van der Waals surface area contributed by atoms with Crippen molar-refractivity contribution in [3.63, 3.8) is 0 Å². The van der Waals surface area contributed by atoms with Crippen molar-refractivity contribution < 1.29 is 0 Å². The largest absolute Gasteiger partial charge is 0.359 e. The Bertz CT molecular complexity index is 785. The van der Waals surface area contributed by atoms with Crippen molar-refractivity contribution in [2.24, 2.45) is 0 Å². The maximum absolute atomic E-state index is 6.56. The highest BCUT2D eigenvalue weighted by atomic mass is 35.5. The Morgan fingerprint density at radius 3 is 2.33 bits per heavy atom. The summed E-state index contributed by atoms with van der Waals surface area (Å²) >= 11 is 12.1. The molecule has 1 unspecified atom stereocenters. The second kappa shape index (κ2) is 9.36. The standard InChI is InChI=1S/C22H26ClN3S/c1-17(2)16-24-22(27)26-14-12-25(13-15-26)21(18-8-4-3-5-9-18)19-10-6-7-11-20(19)23/h3-11,21H,1,12-16H2,2H3,(H,24,27). The lowest BCUT2D eigenvalue weighted by molar-refractivity contribution is 0.150. The van der Waals surface area contributed by atoms with Gasteiger partial charge in [0.2, 0.25) is 0 Å². The molecule has 3 nitrogen and oxygen atoms in total. The van der Waals surface area contributed by atoms with Crippen molar-refractivity contribution in [2.45, 2.75) is 13.0 Å². The molecule has 0 aliphatic carbocycles. The number of thiocarbonyl (C=S) groups is 1. The van der Waals surface area contributed by atoms with E-state index in [2.05, 4.69) is 64.2 Å². The summed E-state index contributed by atoms with van der Waals surface area (Å²) in [6, 6.07) is 18.9. The molecule has 0 spiro atoms. The summed E-state index contributed by atoms with van der Waals surface area (Å²) in [6.07, 6.45) is 0. The van der Waals surface area contributed by atoms with Gasteiger partial charge in [-0.15, -0.1) is 0 Å². The molecule has 0 saturated carbocycles. The van der Waals surface area contributed by atoms with Crippen LogP contribution in [0, 0.1) is 0 Å². The first kappa shape index (κ1) is 19.9. The number of hydrogen-bond donors (Lipinski definition) is 1. The van der Waals surface area contributed by atoms with Gasteiger partial charge in [-0.05, 0) is 36.3 Å². The molecular formula is C22H26ClN3S. The van der Waals surface area contributed by atoms with Crippen molar-refractivity contribution in [2.75, 3.05) is 32.7 Å². The Balaban J connectivity index is 1.75. The van der Waals surface area contributed by atoms with E-state index in [4.69, 9.17) is 23.8 Å². The van der Waals surface area contributed by atoms with Gasteiger partial charge in [-0.25, -0.2) is 0 Å². The van der Waals surface area contributed by atoms with Crippen LogP contribution in [0.4, 0.5) is 0 Å². The summed E-state index contributed by atoms with van der Waals surface area (Å²) in [7, 11) is 0. The number of rotatable bonds is 5. The highest BCUT2D eigenvalue weighted by Crippen LogP contribution is 2.33. The summed E-state index contributed by atoms with van der Waals surface area (Å²) in [6.45, 7) is 10.3. The van der Waals surface area contributed by atoms with E-state index in [1.807, 2.05) is 19.1 Å². The van der Waals surface area contributed by atoms with E-state index in [9.17, 15) is 0 Å². The van der Waals surface area contributed by atoms with Gasteiger partial charge in [-0.1, -0.05) is 72.3 Å². The number of benzene rings is 2. The first-order valence-electron chi connectivity index (χ1n) is 9.27. The van der Waals surface area contributed by atoms with Gasteiger partial charge in [0.1, 0.15) is 0 Å². The van der Waals surface area contributed by atoms with Crippen LogP contribution in [0.5, 0.6) is 0 Å². The Morgan fingerprint density at radius 2 is 1.70 bits per heavy atom. The minimum absolute atomic E-state index is 0.152. The number of nitrogens with one attached hydrogen (secondary N) is 1. The molecule has 0 radical (unpaired) electrons. The minimum Gasteiger partial charge on any atom is -0.359 e. The van der Waals surface area contributed by atoms with Crippen LogP contribution in [-0.4, -0.2) is 47.6 Å². The molecule has 2 aromatic rings. The fourth-order valence-corrected chi connectivity index (χ4v) is 3.93. The normalized spacial score (nSPS) is 16.0. The van der Waals surface area contributed by atoms with Gasteiger partial charge in [0.15, 0.2) is 5.11 Å². The lowest BCUT2D eigenvalue weighted by Gasteiger charge is -2.41. The van der Waals surface area contributed by atoms with Gasteiger partial charge >= 0.3 is 0 Å². The smallest absolute Gasteiger partial charge is 0.169 e. The molecule has 1 fully saturated rings. The maximum Gasteiger partial charge on any atom is 0.169 e. The number of nitrogens with zero attached hydrogens (tertiary/aromatic N) is 2. The number of piperazine rings is 1. The van der Waals surface area contributed by atoms with Crippen molar-refractivity contribution in [3.8, 4) is 0 Å². The Hall–Kier alpha value is -1.88. The van der Waals surface area contributed by atoms with E-state index in [-0.39, 0.29) is 6.04 Å². The van der Waals surface area contributed by atoms with Crippen molar-refractivity contribution in [3.05, 3.63) is 82.9 Å². The van der Waals surface area contributed by atoms with Crippen molar-refractivity contribution in [1.29, 1.82) is 0 Å². The molecule has 1 N–H and O–H groups in total. The summed E-state index contributed by atoms with van der Waals surface area (Å²) in [5.74, 6) is 0. The van der Waals surface area contributed by atoms with Gasteiger partial charge in [0, 0.05) is 37.7 Å². The van der Waals surface area contributed by atoms with Crippen LogP contribution < -0.4 is 5.32 Å². The van der Waals surface area contributed by atoms with E-state index in [1.54, 1.807) is 0 Å². The average Bonchev–Trinajstić information content (AvgIpc) is 2.69. The molecule has 0 bridgehead atoms. The third-order valence-electron chi connectivity index (χ3n) is 4.82. The lowest BCUT2D eigenvalue weighted by atomic mass is 9.96. The Kier molecular flexibility index (Phi) is 6.89. The van der Waals surface area contributed by atoms with Gasteiger partial charge in [-0.2, -0.15) is 0 Å². The topological polar surface area (TPSA) is 18.5 Å². The number of halogens is 1. The monoisotopic (exact) mass is 399 g/mol. The molecule has 0 aromatic heterocycles. The summed E-state index contributed by atoms with van der Waals surface area (Å²) in [4.78, 5) is 4.73. The predicted octanol–water partition coefficient (Wildman–Crippen LogP) is 4.50. The Morgan fingerprint density at radius 1 is 1.07 bits per heavy atom. The van der Waals surface area contributed by atoms with Gasteiger partial charge < -0.3 is 10.2 Å².